The van der Waals surface area contributed by atoms with Crippen molar-refractivity contribution in [2.75, 3.05) is 12.4 Å². The van der Waals surface area contributed by atoms with Gasteiger partial charge in [0.25, 0.3) is 5.91 Å². The largest absolute Gasteiger partial charge is 0.465 e. The molecule has 0 aliphatic heterocycles. The number of methoxy groups -OCH3 is 1. The number of carbonyl (C=O) groups is 2. The van der Waals surface area contributed by atoms with Crippen LogP contribution in [0, 0.1) is 20.8 Å². The van der Waals surface area contributed by atoms with Gasteiger partial charge in [0.2, 0.25) is 0 Å². The van der Waals surface area contributed by atoms with Crippen LogP contribution in [-0.4, -0.2) is 28.8 Å². The van der Waals surface area contributed by atoms with Gasteiger partial charge >= 0.3 is 5.97 Å². The standard InChI is InChI=1S/C16H21N3O3S/c1-8(2)19-12(7-9(3)18-19)14(20)17-15-13(16(21)22-6)10(4)11(5)23-15/h7-8H,1-6H3,(H,17,20). The second kappa shape index (κ2) is 6.54. The van der Waals surface area contributed by atoms with Crippen molar-refractivity contribution in [2.45, 2.75) is 40.7 Å². The van der Waals surface area contributed by atoms with Gasteiger partial charge in [-0.25, -0.2) is 4.79 Å². The first-order valence-corrected chi connectivity index (χ1v) is 8.13. The van der Waals surface area contributed by atoms with E-state index in [1.54, 1.807) is 10.7 Å². The second-order valence-corrected chi connectivity index (χ2v) is 6.87. The summed E-state index contributed by atoms with van der Waals surface area (Å²) in [6.45, 7) is 9.51. The maximum absolute atomic E-state index is 12.6. The summed E-state index contributed by atoms with van der Waals surface area (Å²) in [5.74, 6) is -0.735. The maximum Gasteiger partial charge on any atom is 0.341 e. The first-order valence-electron chi connectivity index (χ1n) is 7.32. The molecule has 0 saturated carbocycles. The van der Waals surface area contributed by atoms with Gasteiger partial charge in [-0.05, 0) is 46.2 Å². The number of aromatic nitrogens is 2. The lowest BCUT2D eigenvalue weighted by molar-refractivity contribution is 0.0601. The van der Waals surface area contributed by atoms with E-state index in [0.29, 0.717) is 16.3 Å². The molecule has 6 nitrogen and oxygen atoms in total. The zero-order valence-electron chi connectivity index (χ0n) is 14.2. The SMILES string of the molecule is COC(=O)c1c(NC(=O)c2cc(C)nn2C(C)C)sc(C)c1C. The molecule has 1 amide bonds. The predicted molar refractivity (Wildman–Crippen MR) is 90.4 cm³/mol. The molecule has 2 aromatic heterocycles. The number of amides is 1. The molecule has 124 valence electrons. The minimum atomic E-state index is -0.448. The molecular weight excluding hydrogens is 314 g/mol. The van der Waals surface area contributed by atoms with Crippen LogP contribution in [0.15, 0.2) is 6.07 Å². The summed E-state index contributed by atoms with van der Waals surface area (Å²) in [6, 6.07) is 1.80. The summed E-state index contributed by atoms with van der Waals surface area (Å²) in [4.78, 5) is 25.6. The van der Waals surface area contributed by atoms with E-state index >= 15 is 0 Å². The quantitative estimate of drug-likeness (QED) is 0.868. The van der Waals surface area contributed by atoms with Gasteiger partial charge in [0.1, 0.15) is 10.7 Å². The summed E-state index contributed by atoms with van der Waals surface area (Å²) in [5, 5.41) is 7.67. The molecule has 2 heterocycles. The Morgan fingerprint density at radius 3 is 2.52 bits per heavy atom. The fourth-order valence-electron chi connectivity index (χ4n) is 2.31. The Labute approximate surface area is 139 Å². The number of carbonyl (C=O) groups excluding carboxylic acids is 2. The van der Waals surface area contributed by atoms with Crippen LogP contribution < -0.4 is 5.32 Å². The smallest absolute Gasteiger partial charge is 0.341 e. The fourth-order valence-corrected chi connectivity index (χ4v) is 3.35. The molecule has 0 aromatic carbocycles. The van der Waals surface area contributed by atoms with Crippen LogP contribution in [0.4, 0.5) is 5.00 Å². The van der Waals surface area contributed by atoms with Gasteiger partial charge < -0.3 is 10.1 Å². The Balaban J connectivity index is 2.38. The number of ether oxygens (including phenoxy) is 1. The van der Waals surface area contributed by atoms with Crippen LogP contribution in [-0.2, 0) is 4.74 Å². The molecule has 0 bridgehead atoms. The van der Waals surface area contributed by atoms with E-state index in [1.807, 2.05) is 34.6 Å². The van der Waals surface area contributed by atoms with E-state index < -0.39 is 5.97 Å². The van der Waals surface area contributed by atoms with E-state index in [9.17, 15) is 9.59 Å². The average molecular weight is 335 g/mol. The van der Waals surface area contributed by atoms with Crippen LogP contribution in [0.3, 0.4) is 0 Å². The van der Waals surface area contributed by atoms with E-state index in [-0.39, 0.29) is 11.9 Å². The number of hydrogen-bond donors (Lipinski definition) is 1. The van der Waals surface area contributed by atoms with Gasteiger partial charge in [-0.1, -0.05) is 0 Å². The predicted octanol–water partition coefficient (Wildman–Crippen LogP) is 3.49. The van der Waals surface area contributed by atoms with Crippen molar-refractivity contribution in [3.63, 3.8) is 0 Å². The van der Waals surface area contributed by atoms with Crippen molar-refractivity contribution in [1.82, 2.24) is 9.78 Å². The van der Waals surface area contributed by atoms with Crippen LogP contribution >= 0.6 is 11.3 Å². The highest BCUT2D eigenvalue weighted by Gasteiger charge is 2.23. The van der Waals surface area contributed by atoms with Gasteiger partial charge in [-0.2, -0.15) is 5.10 Å². The van der Waals surface area contributed by atoms with Crippen molar-refractivity contribution in [3.8, 4) is 0 Å². The summed E-state index contributed by atoms with van der Waals surface area (Å²) >= 11 is 1.37. The Hall–Kier alpha value is -2.15. The van der Waals surface area contributed by atoms with Gasteiger partial charge in [-0.3, -0.25) is 9.48 Å². The number of esters is 1. The molecule has 0 aliphatic rings. The summed E-state index contributed by atoms with van der Waals surface area (Å²) < 4.78 is 6.50. The fraction of sp³-hybridized carbons (Fsp3) is 0.438. The molecule has 1 N–H and O–H groups in total. The van der Waals surface area contributed by atoms with E-state index in [4.69, 9.17) is 4.74 Å². The lowest BCUT2D eigenvalue weighted by atomic mass is 10.1. The minimum absolute atomic E-state index is 0.0661. The van der Waals surface area contributed by atoms with Crippen LogP contribution in [0.2, 0.25) is 0 Å². The molecule has 0 atom stereocenters. The first kappa shape index (κ1) is 17.2. The average Bonchev–Trinajstić information content (AvgIpc) is 3.00. The molecule has 23 heavy (non-hydrogen) atoms. The Bertz CT molecular complexity index is 759. The van der Waals surface area contributed by atoms with Gasteiger partial charge in [-0.15, -0.1) is 11.3 Å². The third-order valence-electron chi connectivity index (χ3n) is 3.58. The number of rotatable bonds is 4. The molecule has 0 saturated heterocycles. The van der Waals surface area contributed by atoms with E-state index in [1.165, 1.54) is 18.4 Å². The van der Waals surface area contributed by atoms with Gasteiger partial charge in [0.15, 0.2) is 0 Å². The molecule has 2 aromatic rings. The monoisotopic (exact) mass is 335 g/mol. The normalized spacial score (nSPS) is 10.9. The summed E-state index contributed by atoms with van der Waals surface area (Å²) in [5.41, 5.74) is 2.48. The lowest BCUT2D eigenvalue weighted by Gasteiger charge is -2.11. The maximum atomic E-state index is 12.6. The summed E-state index contributed by atoms with van der Waals surface area (Å²) in [7, 11) is 1.33. The van der Waals surface area contributed by atoms with Gasteiger partial charge in [0, 0.05) is 10.9 Å². The molecule has 2 rings (SSSR count). The van der Waals surface area contributed by atoms with Crippen molar-refractivity contribution >= 4 is 28.2 Å². The zero-order valence-corrected chi connectivity index (χ0v) is 15.0. The molecule has 7 heteroatoms. The van der Waals surface area contributed by atoms with Gasteiger partial charge in [0.05, 0.1) is 18.4 Å². The second-order valence-electron chi connectivity index (χ2n) is 5.64. The number of thiophene rings is 1. The van der Waals surface area contributed by atoms with Crippen molar-refractivity contribution < 1.29 is 14.3 Å². The topological polar surface area (TPSA) is 73.2 Å². The highest BCUT2D eigenvalue weighted by Crippen LogP contribution is 2.33. The van der Waals surface area contributed by atoms with Crippen molar-refractivity contribution in [1.29, 1.82) is 0 Å². The third kappa shape index (κ3) is 3.29. The molecule has 0 unspecified atom stereocenters. The van der Waals surface area contributed by atoms with Crippen LogP contribution in [0.25, 0.3) is 0 Å². The Morgan fingerprint density at radius 1 is 1.30 bits per heavy atom. The number of anilines is 1. The van der Waals surface area contributed by atoms with Crippen LogP contribution in [0.1, 0.15) is 56.9 Å². The molecule has 0 fully saturated rings. The van der Waals surface area contributed by atoms with E-state index in [2.05, 4.69) is 10.4 Å². The number of nitrogens with one attached hydrogen (secondary N) is 1. The van der Waals surface area contributed by atoms with Crippen molar-refractivity contribution in [2.24, 2.45) is 0 Å². The van der Waals surface area contributed by atoms with E-state index in [0.717, 1.165) is 16.1 Å². The highest BCUT2D eigenvalue weighted by atomic mass is 32.1. The molecule has 0 radical (unpaired) electrons. The lowest BCUT2D eigenvalue weighted by Crippen LogP contribution is -2.19. The molecular formula is C16H21N3O3S. The molecule has 0 spiro atoms. The Kier molecular flexibility index (Phi) is 4.89. The number of hydrogen-bond acceptors (Lipinski definition) is 5. The van der Waals surface area contributed by atoms with Crippen LogP contribution in [0.5, 0.6) is 0 Å². The zero-order chi connectivity index (χ0) is 17.3. The highest BCUT2D eigenvalue weighted by molar-refractivity contribution is 7.16. The number of nitrogens with zero attached hydrogens (tertiary/aromatic N) is 2. The van der Waals surface area contributed by atoms with Crippen molar-refractivity contribution in [3.05, 3.63) is 33.5 Å². The minimum Gasteiger partial charge on any atom is -0.465 e. The first-order chi connectivity index (χ1) is 10.8. The third-order valence-corrected chi connectivity index (χ3v) is 4.70. The molecule has 0 aliphatic carbocycles. The number of aryl methyl sites for hydroxylation is 2. The Morgan fingerprint density at radius 2 is 1.96 bits per heavy atom. The summed E-state index contributed by atoms with van der Waals surface area (Å²) in [6.07, 6.45) is 0.